The molecule has 5 rings (SSSR count). The Balaban J connectivity index is 1.26. The molecular formula is C31H49N3O3. The molecule has 4 fully saturated rings. The summed E-state index contributed by atoms with van der Waals surface area (Å²) in [4.78, 5) is 32.8. The summed E-state index contributed by atoms with van der Waals surface area (Å²) in [5.74, 6) is 2.85. The van der Waals surface area contributed by atoms with Crippen molar-refractivity contribution < 1.29 is 14.4 Å². The number of amides is 1. The van der Waals surface area contributed by atoms with Crippen LogP contribution in [0.4, 0.5) is 4.79 Å². The van der Waals surface area contributed by atoms with Gasteiger partial charge in [0.05, 0.1) is 5.71 Å². The molecule has 0 aromatic heterocycles. The molecule has 0 radical (unpaired) electrons. The molecule has 1 N–H and O–H groups in total. The molecule has 0 heterocycles. The molecule has 0 unspecified atom stereocenters. The number of oxime groups is 1. The Morgan fingerprint density at radius 2 is 1.86 bits per heavy atom. The van der Waals surface area contributed by atoms with Gasteiger partial charge in [-0.3, -0.25) is 9.63 Å². The molecule has 0 aromatic rings. The first kappa shape index (κ1) is 26.9. The number of carbonyl (C=O) groups excluding carboxylic acids is 2. The number of allylic oxidation sites excluding steroid dienone is 1. The Hall–Kier alpha value is -1.69. The molecule has 6 nitrogen and oxygen atoms in total. The lowest BCUT2D eigenvalue weighted by Gasteiger charge is -2.58. The van der Waals surface area contributed by atoms with Gasteiger partial charge in [0.2, 0.25) is 0 Å². The summed E-state index contributed by atoms with van der Waals surface area (Å²) in [6.07, 6.45) is 15.1. The van der Waals surface area contributed by atoms with Gasteiger partial charge in [0, 0.05) is 31.5 Å². The lowest BCUT2D eigenvalue weighted by Crippen LogP contribution is -2.51. The van der Waals surface area contributed by atoms with Gasteiger partial charge in [-0.2, -0.15) is 0 Å². The van der Waals surface area contributed by atoms with E-state index in [0.29, 0.717) is 30.1 Å². The standard InChI is InChI=1S/C31H49N3O3/c1-5-32-18-19-34(23-8-6-7-9-23)29(36)37-33-21(2)26-12-13-27-25-11-10-22-20-24(35)14-16-30(22,3)28(25)15-17-31(26,27)4/h20,23,25-28,32H,5-19H2,1-4H3/b33-21+/t25-,26+,27-,28-,30-,31+/m0/s1. The van der Waals surface area contributed by atoms with Gasteiger partial charge in [-0.25, -0.2) is 4.79 Å². The number of nitrogens with one attached hydrogen (secondary N) is 1. The highest BCUT2D eigenvalue weighted by Crippen LogP contribution is 2.66. The minimum Gasteiger partial charge on any atom is -0.315 e. The third-order valence-electron chi connectivity index (χ3n) is 11.5. The highest BCUT2D eigenvalue weighted by molar-refractivity contribution is 5.91. The van der Waals surface area contributed by atoms with Crippen LogP contribution >= 0.6 is 0 Å². The lowest BCUT2D eigenvalue weighted by atomic mass is 9.46. The second-order valence-electron chi connectivity index (χ2n) is 13.2. The predicted molar refractivity (Wildman–Crippen MR) is 147 cm³/mol. The molecule has 206 valence electrons. The van der Waals surface area contributed by atoms with Crippen LogP contribution in [0, 0.1) is 34.5 Å². The van der Waals surface area contributed by atoms with E-state index in [1.165, 1.54) is 44.1 Å². The zero-order chi connectivity index (χ0) is 26.2. The third-order valence-corrected chi connectivity index (χ3v) is 11.5. The maximum atomic E-state index is 13.1. The Morgan fingerprint density at radius 1 is 1.08 bits per heavy atom. The van der Waals surface area contributed by atoms with Crippen LogP contribution in [-0.4, -0.2) is 48.2 Å². The molecule has 0 aliphatic heterocycles. The van der Waals surface area contributed by atoms with E-state index in [-0.39, 0.29) is 23.0 Å². The molecule has 6 heteroatoms. The maximum Gasteiger partial charge on any atom is 0.436 e. The second-order valence-corrected chi connectivity index (χ2v) is 13.2. The van der Waals surface area contributed by atoms with E-state index >= 15 is 0 Å². The summed E-state index contributed by atoms with van der Waals surface area (Å²) in [6.45, 7) is 11.5. The van der Waals surface area contributed by atoms with E-state index in [1.54, 1.807) is 0 Å². The smallest absolute Gasteiger partial charge is 0.315 e. The van der Waals surface area contributed by atoms with Crippen LogP contribution in [0.1, 0.15) is 105 Å². The van der Waals surface area contributed by atoms with Gasteiger partial charge in [0.1, 0.15) is 0 Å². The first-order chi connectivity index (χ1) is 17.8. The fraction of sp³-hybridized carbons (Fsp3) is 0.839. The minimum atomic E-state index is -0.279. The van der Waals surface area contributed by atoms with Crippen molar-refractivity contribution in [3.05, 3.63) is 11.6 Å². The van der Waals surface area contributed by atoms with Crippen LogP contribution in [0.25, 0.3) is 0 Å². The van der Waals surface area contributed by atoms with E-state index in [1.807, 2.05) is 11.0 Å². The molecule has 37 heavy (non-hydrogen) atoms. The molecular weight excluding hydrogens is 462 g/mol. The highest BCUT2D eigenvalue weighted by Gasteiger charge is 2.59. The fourth-order valence-corrected chi connectivity index (χ4v) is 9.49. The number of likely N-dealkylation sites (N-methyl/N-ethyl adjacent to an activating group) is 1. The Bertz CT molecular complexity index is 938. The minimum absolute atomic E-state index is 0.214. The zero-order valence-electron chi connectivity index (χ0n) is 23.7. The summed E-state index contributed by atoms with van der Waals surface area (Å²) in [5, 5.41) is 7.86. The van der Waals surface area contributed by atoms with Gasteiger partial charge in [-0.05, 0) is 106 Å². The topological polar surface area (TPSA) is 71.0 Å². The average molecular weight is 512 g/mol. The third kappa shape index (κ3) is 4.92. The van der Waals surface area contributed by atoms with Crippen molar-refractivity contribution in [1.82, 2.24) is 10.2 Å². The highest BCUT2D eigenvalue weighted by atomic mass is 16.7. The zero-order valence-corrected chi connectivity index (χ0v) is 23.7. The monoisotopic (exact) mass is 511 g/mol. The summed E-state index contributed by atoms with van der Waals surface area (Å²) in [5.41, 5.74) is 2.87. The van der Waals surface area contributed by atoms with Gasteiger partial charge in [-0.1, -0.05) is 44.3 Å². The molecule has 5 aliphatic carbocycles. The molecule has 4 saturated carbocycles. The van der Waals surface area contributed by atoms with Gasteiger partial charge >= 0.3 is 6.09 Å². The van der Waals surface area contributed by atoms with E-state index in [4.69, 9.17) is 4.84 Å². The normalized spacial score (nSPS) is 38.0. The molecule has 5 aliphatic rings. The van der Waals surface area contributed by atoms with Crippen molar-refractivity contribution in [3.8, 4) is 0 Å². The average Bonchev–Trinajstić information content (AvgIpc) is 3.53. The van der Waals surface area contributed by atoms with Crippen LogP contribution in [0.2, 0.25) is 0 Å². The van der Waals surface area contributed by atoms with Crippen LogP contribution < -0.4 is 5.32 Å². The largest absolute Gasteiger partial charge is 0.436 e. The van der Waals surface area contributed by atoms with Crippen molar-refractivity contribution in [2.75, 3.05) is 19.6 Å². The van der Waals surface area contributed by atoms with Crippen LogP contribution in [-0.2, 0) is 9.63 Å². The first-order valence-corrected chi connectivity index (χ1v) is 15.2. The molecule has 0 aromatic carbocycles. The molecule has 6 atom stereocenters. The molecule has 0 bridgehead atoms. The number of nitrogens with zero attached hydrogens (tertiary/aromatic N) is 2. The number of fused-ring (bicyclic) bond motifs is 5. The maximum absolute atomic E-state index is 13.1. The van der Waals surface area contributed by atoms with Crippen LogP contribution in [0.15, 0.2) is 16.8 Å². The summed E-state index contributed by atoms with van der Waals surface area (Å²) in [6, 6.07) is 0.284. The Kier molecular flexibility index (Phi) is 7.87. The van der Waals surface area contributed by atoms with E-state index in [9.17, 15) is 9.59 Å². The quantitative estimate of drug-likeness (QED) is 0.183. The summed E-state index contributed by atoms with van der Waals surface area (Å²) < 4.78 is 0. The van der Waals surface area contributed by atoms with E-state index in [2.05, 4.69) is 38.2 Å². The van der Waals surface area contributed by atoms with Crippen molar-refractivity contribution >= 4 is 17.6 Å². The molecule has 0 spiro atoms. The van der Waals surface area contributed by atoms with E-state index < -0.39 is 0 Å². The van der Waals surface area contributed by atoms with Gasteiger partial charge < -0.3 is 10.2 Å². The lowest BCUT2D eigenvalue weighted by molar-refractivity contribution is -0.117. The van der Waals surface area contributed by atoms with Crippen LogP contribution in [0.3, 0.4) is 0 Å². The number of hydrogen-bond donors (Lipinski definition) is 1. The fourth-order valence-electron chi connectivity index (χ4n) is 9.49. The van der Waals surface area contributed by atoms with Gasteiger partial charge in [-0.15, -0.1) is 0 Å². The Labute approximate surface area is 224 Å². The van der Waals surface area contributed by atoms with Crippen molar-refractivity contribution in [1.29, 1.82) is 0 Å². The van der Waals surface area contributed by atoms with Gasteiger partial charge in [0.25, 0.3) is 0 Å². The molecule has 0 saturated heterocycles. The SMILES string of the molecule is CCNCCN(C(=O)O/N=C(\C)[C@H]1CC[C@H]2[C@@H]3CCC4=CC(=O)CC[C@]4(C)[C@H]3CC[C@]12C)C1CCCC1. The number of rotatable bonds is 7. The first-order valence-electron chi connectivity index (χ1n) is 15.2. The van der Waals surface area contributed by atoms with Crippen LogP contribution in [0.5, 0.6) is 0 Å². The van der Waals surface area contributed by atoms with E-state index in [0.717, 1.165) is 63.2 Å². The van der Waals surface area contributed by atoms with Gasteiger partial charge in [0.15, 0.2) is 5.78 Å². The van der Waals surface area contributed by atoms with Crippen molar-refractivity contribution in [3.63, 3.8) is 0 Å². The van der Waals surface area contributed by atoms with Crippen molar-refractivity contribution in [2.45, 2.75) is 111 Å². The van der Waals surface area contributed by atoms with Crippen molar-refractivity contribution in [2.24, 2.45) is 39.7 Å². The Morgan fingerprint density at radius 3 is 2.62 bits per heavy atom. The number of ketones is 1. The number of carbonyl (C=O) groups is 2. The summed E-state index contributed by atoms with van der Waals surface area (Å²) in [7, 11) is 0. The molecule has 1 amide bonds. The number of hydrogen-bond acceptors (Lipinski definition) is 5. The second kappa shape index (κ2) is 10.8. The predicted octanol–water partition coefficient (Wildman–Crippen LogP) is 6.50. The summed E-state index contributed by atoms with van der Waals surface area (Å²) >= 11 is 0.